The van der Waals surface area contributed by atoms with Crippen LogP contribution < -0.4 is 24.8 Å². The molecule has 0 unspecified atom stereocenters. The Morgan fingerprint density at radius 1 is 1.17 bits per heavy atom. The van der Waals surface area contributed by atoms with Crippen LogP contribution in [0.2, 0.25) is 0 Å². The molecule has 2 amide bonds. The molecule has 0 radical (unpaired) electrons. The number of nitrogens with one attached hydrogen (secondary N) is 2. The molecule has 0 aromatic heterocycles. The number of fused-ring (bicyclic) bond motifs is 2. The lowest BCUT2D eigenvalue weighted by molar-refractivity contribution is -0.126. The Balaban J connectivity index is 1.28. The molecule has 35 heavy (non-hydrogen) atoms. The van der Waals surface area contributed by atoms with Crippen LogP contribution in [0.5, 0.6) is 17.2 Å². The van der Waals surface area contributed by atoms with Crippen LogP contribution in [0, 0.1) is 12.8 Å². The van der Waals surface area contributed by atoms with Gasteiger partial charge in [-0.05, 0) is 56.0 Å². The number of hydrogen-bond donors (Lipinski definition) is 2. The van der Waals surface area contributed by atoms with E-state index in [-0.39, 0.29) is 30.0 Å². The van der Waals surface area contributed by atoms with E-state index in [0.29, 0.717) is 54.4 Å². The zero-order chi connectivity index (χ0) is 24.7. The third-order valence-corrected chi connectivity index (χ3v) is 8.49. The highest BCUT2D eigenvalue weighted by atomic mass is 32.2. The molecule has 1 fully saturated rings. The van der Waals surface area contributed by atoms with Crippen molar-refractivity contribution >= 4 is 27.5 Å². The highest BCUT2D eigenvalue weighted by molar-refractivity contribution is 7.89. The molecular weight excluding hydrogens is 474 g/mol. The first-order valence-corrected chi connectivity index (χ1v) is 12.9. The monoisotopic (exact) mass is 501 g/mol. The minimum absolute atomic E-state index is 0.0970. The zero-order valence-corrected chi connectivity index (χ0v) is 20.3. The summed E-state index contributed by atoms with van der Waals surface area (Å²) in [7, 11) is -3.87. The lowest BCUT2D eigenvalue weighted by Gasteiger charge is -2.32. The van der Waals surface area contributed by atoms with Crippen LogP contribution in [0.4, 0.5) is 5.69 Å². The van der Waals surface area contributed by atoms with Gasteiger partial charge in [-0.3, -0.25) is 9.59 Å². The summed E-state index contributed by atoms with van der Waals surface area (Å²) in [4.78, 5) is 24.9. The molecule has 186 valence electrons. The summed E-state index contributed by atoms with van der Waals surface area (Å²) in [6.45, 7) is 4.20. The second kappa shape index (κ2) is 9.04. The number of carbonyl (C=O) groups excluding carboxylic acids is 2. The minimum Gasteiger partial charge on any atom is -0.479 e. The number of hydrogen-bond acceptors (Lipinski definition) is 7. The van der Waals surface area contributed by atoms with Gasteiger partial charge in [0.15, 0.2) is 17.6 Å². The lowest BCUT2D eigenvalue weighted by Crippen LogP contribution is -2.45. The molecule has 10 nitrogen and oxygen atoms in total. The van der Waals surface area contributed by atoms with Gasteiger partial charge in [-0.1, -0.05) is 6.07 Å². The summed E-state index contributed by atoms with van der Waals surface area (Å²) < 4.78 is 44.7. The minimum atomic E-state index is -3.87. The van der Waals surface area contributed by atoms with Crippen LogP contribution in [0.3, 0.4) is 0 Å². The number of anilines is 1. The summed E-state index contributed by atoms with van der Waals surface area (Å²) in [5.74, 6) is 0.707. The van der Waals surface area contributed by atoms with Gasteiger partial charge in [0.1, 0.15) is 5.75 Å². The van der Waals surface area contributed by atoms with Crippen LogP contribution in [-0.4, -0.2) is 50.5 Å². The Morgan fingerprint density at radius 3 is 2.80 bits per heavy atom. The predicted molar refractivity (Wildman–Crippen MR) is 126 cm³/mol. The molecule has 5 rings (SSSR count). The van der Waals surface area contributed by atoms with Crippen molar-refractivity contribution in [2.75, 3.05) is 25.2 Å². The van der Waals surface area contributed by atoms with Crippen molar-refractivity contribution in [2.24, 2.45) is 5.92 Å². The third kappa shape index (κ3) is 4.53. The Hall–Kier alpha value is -3.31. The molecule has 0 bridgehead atoms. The van der Waals surface area contributed by atoms with E-state index in [4.69, 9.17) is 14.2 Å². The molecular formula is C24H27N3O7S. The third-order valence-electron chi connectivity index (χ3n) is 6.48. The first kappa shape index (κ1) is 23.4. The SMILES string of the molecule is Cc1cc2c(cc1S(=O)(=O)N1CCC[C@@H](C(=O)NCc3ccc4c(c3)OCO4)C1)O[C@@H](C)C(=O)N2. The molecule has 3 aliphatic rings. The number of sulfonamides is 1. The second-order valence-corrected chi connectivity index (χ2v) is 10.9. The standard InChI is InChI=1S/C24H27N3O7S/c1-14-8-18-20(34-15(2)23(28)26-18)10-22(14)35(30,31)27-7-3-4-17(12-27)24(29)25-11-16-5-6-19-21(9-16)33-13-32-19/h5-6,8-10,15,17H,3-4,7,11-13H2,1-2H3,(H,25,29)(H,26,28)/t15-,17+/m0/s1. The molecule has 1 saturated heterocycles. The smallest absolute Gasteiger partial charge is 0.265 e. The molecule has 0 spiro atoms. The number of ether oxygens (including phenoxy) is 3. The average molecular weight is 502 g/mol. The molecule has 11 heteroatoms. The molecule has 2 aromatic rings. The fourth-order valence-corrected chi connectivity index (χ4v) is 6.26. The molecule has 2 N–H and O–H groups in total. The number of benzene rings is 2. The largest absolute Gasteiger partial charge is 0.479 e. The van der Waals surface area contributed by atoms with E-state index in [1.807, 2.05) is 12.1 Å². The molecule has 0 aliphatic carbocycles. The van der Waals surface area contributed by atoms with Crippen molar-refractivity contribution < 1.29 is 32.2 Å². The molecule has 3 aliphatic heterocycles. The highest BCUT2D eigenvalue weighted by Crippen LogP contribution is 2.36. The topological polar surface area (TPSA) is 123 Å². The van der Waals surface area contributed by atoms with Crippen molar-refractivity contribution in [1.82, 2.24) is 9.62 Å². The quantitative estimate of drug-likeness (QED) is 0.644. The summed E-state index contributed by atoms with van der Waals surface area (Å²) in [5.41, 5.74) is 1.81. The van der Waals surface area contributed by atoms with Gasteiger partial charge in [-0.25, -0.2) is 8.42 Å². The maximum Gasteiger partial charge on any atom is 0.265 e. The molecule has 0 saturated carbocycles. The van der Waals surface area contributed by atoms with Crippen LogP contribution >= 0.6 is 0 Å². The van der Waals surface area contributed by atoms with Crippen LogP contribution in [-0.2, 0) is 26.2 Å². The van der Waals surface area contributed by atoms with Crippen molar-refractivity contribution in [2.45, 2.75) is 44.2 Å². The van der Waals surface area contributed by atoms with Crippen molar-refractivity contribution in [1.29, 1.82) is 0 Å². The van der Waals surface area contributed by atoms with Gasteiger partial charge in [-0.15, -0.1) is 0 Å². The maximum atomic E-state index is 13.5. The average Bonchev–Trinajstić information content (AvgIpc) is 3.31. The molecule has 2 atom stereocenters. The highest BCUT2D eigenvalue weighted by Gasteiger charge is 2.35. The van der Waals surface area contributed by atoms with E-state index < -0.39 is 22.0 Å². The van der Waals surface area contributed by atoms with E-state index in [0.717, 1.165) is 5.56 Å². The van der Waals surface area contributed by atoms with E-state index >= 15 is 0 Å². The van der Waals surface area contributed by atoms with Crippen molar-refractivity contribution in [3.63, 3.8) is 0 Å². The van der Waals surface area contributed by atoms with Gasteiger partial charge >= 0.3 is 0 Å². The number of nitrogens with zero attached hydrogens (tertiary/aromatic N) is 1. The van der Waals surface area contributed by atoms with Crippen molar-refractivity contribution in [3.05, 3.63) is 41.5 Å². The van der Waals surface area contributed by atoms with E-state index in [2.05, 4.69) is 10.6 Å². The summed E-state index contributed by atoms with van der Waals surface area (Å²) in [6, 6.07) is 8.54. The molecule has 3 heterocycles. The Kier molecular flexibility index (Phi) is 6.06. The van der Waals surface area contributed by atoms with Gasteiger partial charge in [0.05, 0.1) is 16.5 Å². The normalized spacial score (nSPS) is 21.6. The number of rotatable bonds is 5. The van der Waals surface area contributed by atoms with E-state index in [1.165, 1.54) is 10.4 Å². The predicted octanol–water partition coefficient (Wildman–Crippen LogP) is 2.16. The molecule has 2 aromatic carbocycles. The Bertz CT molecular complexity index is 1290. The van der Waals surface area contributed by atoms with E-state index in [9.17, 15) is 18.0 Å². The fraction of sp³-hybridized carbons (Fsp3) is 0.417. The first-order valence-electron chi connectivity index (χ1n) is 11.5. The van der Waals surface area contributed by atoms with Gasteiger partial charge in [0, 0.05) is 25.7 Å². The van der Waals surface area contributed by atoms with Crippen LogP contribution in [0.15, 0.2) is 35.2 Å². The Labute approximate surface area is 203 Å². The van der Waals surface area contributed by atoms with Gasteiger partial charge in [0.25, 0.3) is 5.91 Å². The Morgan fingerprint density at radius 2 is 1.97 bits per heavy atom. The summed E-state index contributed by atoms with van der Waals surface area (Å²) in [6.07, 6.45) is 0.470. The van der Waals surface area contributed by atoms with Gasteiger partial charge < -0.3 is 24.8 Å². The van der Waals surface area contributed by atoms with Crippen molar-refractivity contribution in [3.8, 4) is 17.2 Å². The van der Waals surface area contributed by atoms with E-state index in [1.54, 1.807) is 26.0 Å². The fourth-order valence-electron chi connectivity index (χ4n) is 4.52. The number of aryl methyl sites for hydroxylation is 1. The first-order chi connectivity index (χ1) is 16.7. The maximum absolute atomic E-state index is 13.5. The second-order valence-electron chi connectivity index (χ2n) is 8.97. The summed E-state index contributed by atoms with van der Waals surface area (Å²) in [5, 5.41) is 5.65. The summed E-state index contributed by atoms with van der Waals surface area (Å²) >= 11 is 0. The zero-order valence-electron chi connectivity index (χ0n) is 19.5. The van der Waals surface area contributed by atoms with Crippen LogP contribution in [0.25, 0.3) is 0 Å². The van der Waals surface area contributed by atoms with Gasteiger partial charge in [-0.2, -0.15) is 4.31 Å². The number of carbonyl (C=O) groups is 2. The van der Waals surface area contributed by atoms with Gasteiger partial charge in [0.2, 0.25) is 22.7 Å². The van der Waals surface area contributed by atoms with Crippen LogP contribution in [0.1, 0.15) is 30.9 Å². The number of piperidine rings is 1. The number of amides is 2. The lowest BCUT2D eigenvalue weighted by atomic mass is 9.98.